The number of hydrogen-bond acceptors (Lipinski definition) is 5. The zero-order valence-corrected chi connectivity index (χ0v) is 9.51. The highest BCUT2D eigenvalue weighted by molar-refractivity contribution is 7.89. The molecule has 0 aliphatic heterocycles. The standard InChI is InChI=1S/C9H10N2O5S/c10-17(14,15)7-3-4-9(16-6-1-2-6)8(5-7)11(12)13/h3-6H,1-2H2,(H2,10,14,15). The number of nitrogens with zero attached hydrogens (tertiary/aromatic N) is 1. The van der Waals surface area contributed by atoms with Crippen molar-refractivity contribution in [1.29, 1.82) is 0 Å². The molecule has 0 bridgehead atoms. The number of benzene rings is 1. The van der Waals surface area contributed by atoms with E-state index in [-0.39, 0.29) is 22.4 Å². The van der Waals surface area contributed by atoms with Crippen molar-refractivity contribution in [2.75, 3.05) is 0 Å². The van der Waals surface area contributed by atoms with Crippen molar-refractivity contribution in [3.8, 4) is 5.75 Å². The van der Waals surface area contributed by atoms with E-state index in [0.29, 0.717) is 0 Å². The topological polar surface area (TPSA) is 113 Å². The van der Waals surface area contributed by atoms with Crippen LogP contribution in [0.4, 0.5) is 5.69 Å². The third-order valence-electron chi connectivity index (χ3n) is 2.27. The van der Waals surface area contributed by atoms with Gasteiger partial charge < -0.3 is 4.74 Å². The van der Waals surface area contributed by atoms with Gasteiger partial charge in [-0.2, -0.15) is 0 Å². The largest absolute Gasteiger partial charge is 0.483 e. The molecule has 0 unspecified atom stereocenters. The van der Waals surface area contributed by atoms with Crippen LogP contribution < -0.4 is 9.88 Å². The van der Waals surface area contributed by atoms with E-state index in [2.05, 4.69) is 0 Å². The first-order chi connectivity index (χ1) is 7.88. The first-order valence-corrected chi connectivity index (χ1v) is 6.40. The van der Waals surface area contributed by atoms with Gasteiger partial charge >= 0.3 is 5.69 Å². The number of rotatable bonds is 4. The van der Waals surface area contributed by atoms with Gasteiger partial charge in [0.2, 0.25) is 10.0 Å². The molecular formula is C9H10N2O5S. The first-order valence-electron chi connectivity index (χ1n) is 4.86. The average molecular weight is 258 g/mol. The Morgan fingerprint density at radius 1 is 1.41 bits per heavy atom. The molecule has 0 saturated heterocycles. The number of sulfonamides is 1. The maximum atomic E-state index is 11.1. The molecule has 7 nitrogen and oxygen atoms in total. The molecular weight excluding hydrogens is 248 g/mol. The second-order valence-electron chi connectivity index (χ2n) is 3.75. The van der Waals surface area contributed by atoms with Crippen LogP contribution in [0.3, 0.4) is 0 Å². The zero-order chi connectivity index (χ0) is 12.6. The van der Waals surface area contributed by atoms with Crippen molar-refractivity contribution < 1.29 is 18.1 Å². The summed E-state index contributed by atoms with van der Waals surface area (Å²) in [6.45, 7) is 0. The molecule has 92 valence electrons. The van der Waals surface area contributed by atoms with Crippen LogP contribution in [-0.4, -0.2) is 19.4 Å². The molecule has 1 saturated carbocycles. The van der Waals surface area contributed by atoms with Crippen molar-refractivity contribution in [3.05, 3.63) is 28.3 Å². The number of primary sulfonamides is 1. The van der Waals surface area contributed by atoms with Gasteiger partial charge in [-0.3, -0.25) is 10.1 Å². The van der Waals surface area contributed by atoms with Crippen molar-refractivity contribution in [1.82, 2.24) is 0 Å². The quantitative estimate of drug-likeness (QED) is 0.633. The molecule has 0 heterocycles. The van der Waals surface area contributed by atoms with Gasteiger partial charge in [0, 0.05) is 6.07 Å². The highest BCUT2D eigenvalue weighted by atomic mass is 32.2. The van der Waals surface area contributed by atoms with Crippen LogP contribution in [-0.2, 0) is 10.0 Å². The molecule has 0 radical (unpaired) electrons. The molecule has 17 heavy (non-hydrogen) atoms. The van der Waals surface area contributed by atoms with E-state index >= 15 is 0 Å². The Balaban J connectivity index is 2.43. The van der Waals surface area contributed by atoms with Gasteiger partial charge in [0.05, 0.1) is 15.9 Å². The minimum atomic E-state index is -3.95. The van der Waals surface area contributed by atoms with Crippen LogP contribution in [0.2, 0.25) is 0 Å². The number of nitrogens with two attached hydrogens (primary N) is 1. The fraction of sp³-hybridized carbons (Fsp3) is 0.333. The molecule has 0 aromatic heterocycles. The summed E-state index contributed by atoms with van der Waals surface area (Å²) >= 11 is 0. The van der Waals surface area contributed by atoms with Gasteiger partial charge in [-0.15, -0.1) is 0 Å². The maximum absolute atomic E-state index is 11.1. The van der Waals surface area contributed by atoms with E-state index in [1.54, 1.807) is 0 Å². The first kappa shape index (κ1) is 11.8. The van der Waals surface area contributed by atoms with Gasteiger partial charge in [-0.1, -0.05) is 0 Å². The molecule has 1 aromatic carbocycles. The predicted octanol–water partition coefficient (Wildman–Crippen LogP) is 0.783. The normalized spacial score (nSPS) is 15.6. The maximum Gasteiger partial charge on any atom is 0.312 e. The summed E-state index contributed by atoms with van der Waals surface area (Å²) in [6.07, 6.45) is 1.70. The van der Waals surface area contributed by atoms with Crippen LogP contribution in [0, 0.1) is 10.1 Å². The summed E-state index contributed by atoms with van der Waals surface area (Å²) in [5.41, 5.74) is -0.386. The zero-order valence-electron chi connectivity index (χ0n) is 8.70. The predicted molar refractivity (Wildman–Crippen MR) is 58.1 cm³/mol. The molecule has 0 amide bonds. The summed E-state index contributed by atoms with van der Waals surface area (Å²) in [5, 5.41) is 15.7. The van der Waals surface area contributed by atoms with Gasteiger partial charge in [-0.25, -0.2) is 13.6 Å². The van der Waals surface area contributed by atoms with Crippen molar-refractivity contribution >= 4 is 15.7 Å². The molecule has 0 atom stereocenters. The number of ether oxygens (including phenoxy) is 1. The lowest BCUT2D eigenvalue weighted by molar-refractivity contribution is -0.386. The van der Waals surface area contributed by atoms with Crippen LogP contribution >= 0.6 is 0 Å². The van der Waals surface area contributed by atoms with Crippen LogP contribution in [0.25, 0.3) is 0 Å². The van der Waals surface area contributed by atoms with E-state index < -0.39 is 14.9 Å². The fourth-order valence-electron chi connectivity index (χ4n) is 1.28. The highest BCUT2D eigenvalue weighted by Crippen LogP contribution is 2.34. The summed E-state index contributed by atoms with van der Waals surface area (Å²) in [6, 6.07) is 3.36. The molecule has 0 spiro atoms. The Bertz CT molecular complexity index is 565. The second-order valence-corrected chi connectivity index (χ2v) is 5.31. The van der Waals surface area contributed by atoms with Gasteiger partial charge in [0.1, 0.15) is 0 Å². The summed E-state index contributed by atoms with van der Waals surface area (Å²) in [7, 11) is -3.95. The highest BCUT2D eigenvalue weighted by Gasteiger charge is 2.28. The lowest BCUT2D eigenvalue weighted by Crippen LogP contribution is -2.12. The third kappa shape index (κ3) is 2.71. The Morgan fingerprint density at radius 2 is 2.06 bits per heavy atom. The molecule has 1 aromatic rings. The molecule has 2 rings (SSSR count). The van der Waals surface area contributed by atoms with E-state index in [9.17, 15) is 18.5 Å². The molecule has 8 heteroatoms. The molecule has 1 aliphatic carbocycles. The summed E-state index contributed by atoms with van der Waals surface area (Å²) < 4.78 is 27.4. The average Bonchev–Trinajstić information content (AvgIpc) is 3.00. The minimum Gasteiger partial charge on any atom is -0.483 e. The van der Waals surface area contributed by atoms with E-state index in [4.69, 9.17) is 9.88 Å². The van der Waals surface area contributed by atoms with Crippen LogP contribution in [0.5, 0.6) is 5.75 Å². The molecule has 1 aliphatic rings. The SMILES string of the molecule is NS(=O)(=O)c1ccc(OC2CC2)c([N+](=O)[O-])c1. The fourth-order valence-corrected chi connectivity index (χ4v) is 1.82. The molecule has 1 fully saturated rings. The number of nitro groups is 1. The summed E-state index contributed by atoms with van der Waals surface area (Å²) in [4.78, 5) is 9.81. The second kappa shape index (κ2) is 3.97. The Kier molecular flexibility index (Phi) is 2.76. The van der Waals surface area contributed by atoms with Crippen molar-refractivity contribution in [2.45, 2.75) is 23.8 Å². The van der Waals surface area contributed by atoms with E-state index in [1.165, 1.54) is 12.1 Å². The van der Waals surface area contributed by atoms with Gasteiger partial charge in [-0.05, 0) is 25.0 Å². The lowest BCUT2D eigenvalue weighted by atomic mass is 10.3. The Hall–Kier alpha value is -1.67. The van der Waals surface area contributed by atoms with Crippen LogP contribution in [0.15, 0.2) is 23.1 Å². The number of nitro benzene ring substituents is 1. The van der Waals surface area contributed by atoms with Gasteiger partial charge in [0.25, 0.3) is 0 Å². The van der Waals surface area contributed by atoms with Crippen molar-refractivity contribution in [2.24, 2.45) is 5.14 Å². The van der Waals surface area contributed by atoms with Crippen molar-refractivity contribution in [3.63, 3.8) is 0 Å². The monoisotopic (exact) mass is 258 g/mol. The summed E-state index contributed by atoms with van der Waals surface area (Å²) in [5.74, 6) is 0.0740. The Morgan fingerprint density at radius 3 is 2.53 bits per heavy atom. The smallest absolute Gasteiger partial charge is 0.312 e. The van der Waals surface area contributed by atoms with E-state index in [1.807, 2.05) is 0 Å². The molecule has 2 N–H and O–H groups in total. The number of hydrogen-bond donors (Lipinski definition) is 1. The van der Waals surface area contributed by atoms with Gasteiger partial charge in [0.15, 0.2) is 5.75 Å². The Labute approximate surface area is 97.4 Å². The lowest BCUT2D eigenvalue weighted by Gasteiger charge is -2.06. The minimum absolute atomic E-state index is 0.00552. The van der Waals surface area contributed by atoms with Crippen LogP contribution in [0.1, 0.15) is 12.8 Å². The van der Waals surface area contributed by atoms with E-state index in [0.717, 1.165) is 18.9 Å². The third-order valence-corrected chi connectivity index (χ3v) is 3.18.